The van der Waals surface area contributed by atoms with Crippen molar-refractivity contribution in [2.45, 2.75) is 39.0 Å². The lowest BCUT2D eigenvalue weighted by Crippen LogP contribution is -2.27. The van der Waals surface area contributed by atoms with Gasteiger partial charge in [-0.15, -0.1) is 0 Å². The number of hydrogen-bond acceptors (Lipinski definition) is 3. The molecule has 27 heavy (non-hydrogen) atoms. The Morgan fingerprint density at radius 2 is 1.59 bits per heavy atom. The molecule has 0 aliphatic heterocycles. The highest BCUT2D eigenvalue weighted by atomic mass is 32.2. The number of aromatic nitrogens is 1. The maximum atomic E-state index is 12.7. The summed E-state index contributed by atoms with van der Waals surface area (Å²) >= 11 is 0. The van der Waals surface area contributed by atoms with Crippen LogP contribution in [0.25, 0.3) is 10.9 Å². The largest absolute Gasteiger partial charge is 0.322 e. The van der Waals surface area contributed by atoms with Crippen LogP contribution in [-0.4, -0.2) is 19.9 Å². The SMILES string of the molecule is Cc1cc(C)c(S(=O)(=O)NCCc2ccc3[nH]c(=O)c(C)cc3c2)c(C)c1. The number of fused-ring (bicyclic) bond motifs is 1. The number of rotatable bonds is 5. The molecule has 5 nitrogen and oxygen atoms in total. The molecule has 0 aliphatic rings. The smallest absolute Gasteiger partial charge is 0.251 e. The van der Waals surface area contributed by atoms with E-state index in [1.165, 1.54) is 0 Å². The number of aromatic amines is 1. The third kappa shape index (κ3) is 4.12. The first-order valence-corrected chi connectivity index (χ1v) is 10.4. The van der Waals surface area contributed by atoms with E-state index < -0.39 is 10.0 Å². The highest BCUT2D eigenvalue weighted by molar-refractivity contribution is 7.89. The summed E-state index contributed by atoms with van der Waals surface area (Å²) in [5, 5.41) is 0.942. The Balaban J connectivity index is 1.77. The zero-order valence-corrected chi connectivity index (χ0v) is 16.8. The van der Waals surface area contributed by atoms with E-state index in [0.29, 0.717) is 23.4 Å². The van der Waals surface area contributed by atoms with Crippen LogP contribution in [0.3, 0.4) is 0 Å². The molecule has 0 radical (unpaired) electrons. The molecule has 6 heteroatoms. The fourth-order valence-electron chi connectivity index (χ4n) is 3.51. The molecule has 0 fully saturated rings. The Hall–Kier alpha value is -2.44. The summed E-state index contributed by atoms with van der Waals surface area (Å²) in [6.07, 6.45) is 0.567. The van der Waals surface area contributed by atoms with Crippen molar-refractivity contribution in [3.05, 3.63) is 74.6 Å². The molecule has 0 bridgehead atoms. The Kier molecular flexibility index (Phi) is 5.22. The maximum absolute atomic E-state index is 12.7. The number of sulfonamides is 1. The Morgan fingerprint density at radius 3 is 2.26 bits per heavy atom. The third-order valence-electron chi connectivity index (χ3n) is 4.67. The summed E-state index contributed by atoms with van der Waals surface area (Å²) < 4.78 is 28.1. The van der Waals surface area contributed by atoms with Crippen LogP contribution in [0.5, 0.6) is 0 Å². The molecule has 0 aliphatic carbocycles. The molecule has 0 unspecified atom stereocenters. The van der Waals surface area contributed by atoms with Gasteiger partial charge in [-0.25, -0.2) is 13.1 Å². The zero-order chi connectivity index (χ0) is 19.8. The van der Waals surface area contributed by atoms with Gasteiger partial charge in [-0.05, 0) is 74.4 Å². The van der Waals surface area contributed by atoms with E-state index >= 15 is 0 Å². The van der Waals surface area contributed by atoms with Crippen molar-refractivity contribution in [2.24, 2.45) is 0 Å². The van der Waals surface area contributed by atoms with Crippen molar-refractivity contribution < 1.29 is 8.42 Å². The molecule has 142 valence electrons. The molecule has 0 amide bonds. The van der Waals surface area contributed by atoms with Crippen LogP contribution in [0.4, 0.5) is 0 Å². The molecule has 3 aromatic rings. The zero-order valence-electron chi connectivity index (χ0n) is 16.0. The molecule has 1 aromatic heterocycles. The van der Waals surface area contributed by atoms with Gasteiger partial charge in [-0.2, -0.15) is 0 Å². The second-order valence-electron chi connectivity index (χ2n) is 7.08. The van der Waals surface area contributed by atoms with E-state index in [-0.39, 0.29) is 5.56 Å². The number of benzene rings is 2. The summed E-state index contributed by atoms with van der Waals surface area (Å²) in [4.78, 5) is 14.9. The van der Waals surface area contributed by atoms with Crippen molar-refractivity contribution in [3.8, 4) is 0 Å². The monoisotopic (exact) mass is 384 g/mol. The van der Waals surface area contributed by atoms with Crippen molar-refractivity contribution in [2.75, 3.05) is 6.54 Å². The molecule has 3 rings (SSSR count). The number of pyridine rings is 1. The van der Waals surface area contributed by atoms with Gasteiger partial charge in [-0.1, -0.05) is 23.8 Å². The van der Waals surface area contributed by atoms with Gasteiger partial charge in [0.25, 0.3) is 5.56 Å². The van der Waals surface area contributed by atoms with E-state index in [2.05, 4.69) is 9.71 Å². The first-order chi connectivity index (χ1) is 12.7. The first kappa shape index (κ1) is 19.3. The van der Waals surface area contributed by atoms with Crippen molar-refractivity contribution in [1.82, 2.24) is 9.71 Å². The van der Waals surface area contributed by atoms with Gasteiger partial charge in [0.05, 0.1) is 4.90 Å². The van der Waals surface area contributed by atoms with E-state index in [9.17, 15) is 13.2 Å². The highest BCUT2D eigenvalue weighted by Crippen LogP contribution is 2.21. The minimum Gasteiger partial charge on any atom is -0.322 e. The van der Waals surface area contributed by atoms with Crippen LogP contribution in [-0.2, 0) is 16.4 Å². The van der Waals surface area contributed by atoms with E-state index in [4.69, 9.17) is 0 Å². The predicted molar refractivity (Wildman–Crippen MR) is 109 cm³/mol. The summed E-state index contributed by atoms with van der Waals surface area (Å²) in [6, 6.07) is 11.4. The number of aryl methyl sites for hydroxylation is 4. The van der Waals surface area contributed by atoms with Crippen molar-refractivity contribution in [3.63, 3.8) is 0 Å². The second kappa shape index (κ2) is 7.29. The molecule has 0 saturated carbocycles. The number of hydrogen-bond donors (Lipinski definition) is 2. The number of H-pyrrole nitrogens is 1. The van der Waals surface area contributed by atoms with E-state index in [0.717, 1.165) is 33.2 Å². The maximum Gasteiger partial charge on any atom is 0.251 e. The van der Waals surface area contributed by atoms with Crippen LogP contribution in [0.15, 0.2) is 46.1 Å². The van der Waals surface area contributed by atoms with Gasteiger partial charge in [0, 0.05) is 17.6 Å². The molecule has 2 N–H and O–H groups in total. The fourth-order valence-corrected chi connectivity index (χ4v) is 4.99. The molecule has 0 atom stereocenters. The Labute approximate surface area is 159 Å². The van der Waals surface area contributed by atoms with Gasteiger partial charge in [0.2, 0.25) is 10.0 Å². The van der Waals surface area contributed by atoms with Gasteiger partial charge in [0.15, 0.2) is 0 Å². The van der Waals surface area contributed by atoms with Gasteiger partial charge < -0.3 is 4.98 Å². The van der Waals surface area contributed by atoms with Crippen LogP contribution >= 0.6 is 0 Å². The lowest BCUT2D eigenvalue weighted by atomic mass is 10.1. The molecular weight excluding hydrogens is 360 g/mol. The lowest BCUT2D eigenvalue weighted by Gasteiger charge is -2.13. The minimum absolute atomic E-state index is 0.0909. The average Bonchev–Trinajstić information content (AvgIpc) is 2.54. The quantitative estimate of drug-likeness (QED) is 0.708. The summed E-state index contributed by atoms with van der Waals surface area (Å²) in [5.41, 5.74) is 4.91. The number of nitrogens with one attached hydrogen (secondary N) is 2. The average molecular weight is 385 g/mol. The van der Waals surface area contributed by atoms with Crippen LogP contribution < -0.4 is 10.3 Å². The van der Waals surface area contributed by atoms with Gasteiger partial charge in [0.1, 0.15) is 0 Å². The highest BCUT2D eigenvalue weighted by Gasteiger charge is 2.19. The van der Waals surface area contributed by atoms with Crippen LogP contribution in [0.2, 0.25) is 0 Å². The first-order valence-electron chi connectivity index (χ1n) is 8.87. The van der Waals surface area contributed by atoms with Crippen molar-refractivity contribution >= 4 is 20.9 Å². The Bertz CT molecular complexity index is 1150. The molecule has 0 saturated heterocycles. The second-order valence-corrected chi connectivity index (χ2v) is 8.78. The molecule has 2 aromatic carbocycles. The van der Waals surface area contributed by atoms with Gasteiger partial charge in [-0.3, -0.25) is 4.79 Å². The van der Waals surface area contributed by atoms with Crippen LogP contribution in [0.1, 0.15) is 27.8 Å². The standard InChI is InChI=1S/C21H24N2O3S/c1-13-9-14(2)20(15(3)10-13)27(25,26)22-8-7-17-5-6-19-18(12-17)11-16(4)21(24)23-19/h5-6,9-12,22H,7-8H2,1-4H3,(H,23,24). The summed E-state index contributed by atoms with van der Waals surface area (Å²) in [7, 11) is -3.56. The summed E-state index contributed by atoms with van der Waals surface area (Å²) in [6.45, 7) is 7.68. The molecule has 1 heterocycles. The lowest BCUT2D eigenvalue weighted by molar-refractivity contribution is 0.580. The third-order valence-corrected chi connectivity index (χ3v) is 6.44. The normalized spacial score (nSPS) is 11.9. The van der Waals surface area contributed by atoms with Gasteiger partial charge >= 0.3 is 0 Å². The minimum atomic E-state index is -3.56. The molecular formula is C21H24N2O3S. The summed E-state index contributed by atoms with van der Waals surface area (Å²) in [5.74, 6) is 0. The Morgan fingerprint density at radius 1 is 0.926 bits per heavy atom. The fraction of sp³-hybridized carbons (Fsp3) is 0.286. The van der Waals surface area contributed by atoms with E-state index in [1.807, 2.05) is 57.2 Å². The van der Waals surface area contributed by atoms with E-state index in [1.54, 1.807) is 6.92 Å². The predicted octanol–water partition coefficient (Wildman–Crippen LogP) is 3.28. The van der Waals surface area contributed by atoms with Crippen LogP contribution in [0, 0.1) is 27.7 Å². The molecule has 0 spiro atoms. The van der Waals surface area contributed by atoms with Crippen molar-refractivity contribution in [1.29, 1.82) is 0 Å². The topological polar surface area (TPSA) is 79.0 Å².